The zero-order valence-corrected chi connectivity index (χ0v) is 37.8. The highest BCUT2D eigenvalue weighted by atomic mass is 16.5. The summed E-state index contributed by atoms with van der Waals surface area (Å²) >= 11 is 0. The van der Waals surface area contributed by atoms with Gasteiger partial charge in [-0.25, -0.2) is 0 Å². The molecule has 6 nitrogen and oxygen atoms in total. The lowest BCUT2D eigenvalue weighted by molar-refractivity contribution is -0.151. The van der Waals surface area contributed by atoms with E-state index < -0.39 is 18.2 Å². The fourth-order valence-corrected chi connectivity index (χ4v) is 6.47. The monoisotopic (exact) mass is 818 g/mol. The highest BCUT2D eigenvalue weighted by Crippen LogP contribution is 2.16. The summed E-state index contributed by atoms with van der Waals surface area (Å²) in [7, 11) is 0. The van der Waals surface area contributed by atoms with Crippen LogP contribution >= 0.6 is 0 Å². The number of aliphatic hydroxyl groups is 2. The largest absolute Gasteiger partial charge is 0.462 e. The predicted molar refractivity (Wildman–Crippen MR) is 254 cm³/mol. The Labute approximate surface area is 362 Å². The molecule has 0 aliphatic carbocycles. The molecule has 0 fully saturated rings. The zero-order valence-electron chi connectivity index (χ0n) is 37.8. The highest BCUT2D eigenvalue weighted by Gasteiger charge is 2.24. The van der Waals surface area contributed by atoms with E-state index in [1.807, 2.05) is 54.7 Å². The molecule has 6 heteroatoms. The topological polar surface area (TPSA) is 95.9 Å². The molecule has 0 aromatic heterocycles. The number of aliphatic hydroxyl groups excluding tert-OH is 2. The van der Waals surface area contributed by atoms with Crippen molar-refractivity contribution in [1.29, 1.82) is 0 Å². The summed E-state index contributed by atoms with van der Waals surface area (Å²) in [6.07, 6.45) is 61.4. The van der Waals surface area contributed by atoms with E-state index in [-0.39, 0.29) is 24.9 Å². The minimum atomic E-state index is -0.809. The Morgan fingerprint density at radius 1 is 0.508 bits per heavy atom. The molecule has 3 N–H and O–H groups in total. The average Bonchev–Trinajstić information content (AvgIpc) is 3.23. The van der Waals surface area contributed by atoms with Crippen molar-refractivity contribution >= 4 is 11.9 Å². The minimum absolute atomic E-state index is 0.0321. The number of carbonyl (C=O) groups is 2. The Kier molecular flexibility index (Phi) is 42.9. The van der Waals surface area contributed by atoms with Gasteiger partial charge in [-0.15, -0.1) is 0 Å². The van der Waals surface area contributed by atoms with Crippen LogP contribution in [0.25, 0.3) is 0 Å². The highest BCUT2D eigenvalue weighted by molar-refractivity contribution is 5.77. The molecule has 0 bridgehead atoms. The molecule has 59 heavy (non-hydrogen) atoms. The summed E-state index contributed by atoms with van der Waals surface area (Å²) in [5.41, 5.74) is 0. The third-order valence-electron chi connectivity index (χ3n) is 10.0. The number of allylic oxidation sites excluding steroid dienone is 18. The van der Waals surface area contributed by atoms with Crippen molar-refractivity contribution in [3.63, 3.8) is 0 Å². The first-order chi connectivity index (χ1) is 29.0. The van der Waals surface area contributed by atoms with Gasteiger partial charge < -0.3 is 20.3 Å². The van der Waals surface area contributed by atoms with Crippen molar-refractivity contribution < 1.29 is 24.5 Å². The molecular weight excluding hydrogens is 731 g/mol. The molecule has 1 amide bonds. The Morgan fingerprint density at radius 2 is 0.949 bits per heavy atom. The fourth-order valence-electron chi connectivity index (χ4n) is 6.47. The van der Waals surface area contributed by atoms with Crippen LogP contribution in [0.1, 0.15) is 188 Å². The third kappa shape index (κ3) is 41.1. The smallest absolute Gasteiger partial charge is 0.306 e. The summed E-state index contributed by atoms with van der Waals surface area (Å²) in [6, 6.07) is -0.726. The van der Waals surface area contributed by atoms with Gasteiger partial charge in [-0.05, 0) is 64.2 Å². The quantitative estimate of drug-likeness (QED) is 0.0325. The number of rotatable bonds is 40. The van der Waals surface area contributed by atoms with Gasteiger partial charge in [-0.1, -0.05) is 220 Å². The molecule has 0 aliphatic rings. The second kappa shape index (κ2) is 45.6. The van der Waals surface area contributed by atoms with Crippen molar-refractivity contribution in [2.24, 2.45) is 0 Å². The summed E-state index contributed by atoms with van der Waals surface area (Å²) < 4.78 is 5.89. The van der Waals surface area contributed by atoms with Gasteiger partial charge in [-0.2, -0.15) is 0 Å². The molecule has 0 saturated carbocycles. The van der Waals surface area contributed by atoms with Crippen LogP contribution in [-0.4, -0.2) is 46.9 Å². The van der Waals surface area contributed by atoms with Crippen LogP contribution in [0.15, 0.2) is 109 Å². The number of ether oxygens (including phenoxy) is 1. The molecule has 0 aromatic carbocycles. The molecule has 0 aliphatic heterocycles. The first-order valence-corrected chi connectivity index (χ1v) is 23.7. The van der Waals surface area contributed by atoms with Crippen molar-refractivity contribution in [2.75, 3.05) is 6.61 Å². The van der Waals surface area contributed by atoms with Gasteiger partial charge in [0.05, 0.1) is 25.2 Å². The van der Waals surface area contributed by atoms with E-state index in [2.05, 4.69) is 80.8 Å². The summed E-state index contributed by atoms with van der Waals surface area (Å²) in [6.45, 7) is 6.20. The minimum Gasteiger partial charge on any atom is -0.462 e. The fraction of sp³-hybridized carbons (Fsp3) is 0.623. The van der Waals surface area contributed by atoms with Gasteiger partial charge in [-0.3, -0.25) is 9.59 Å². The van der Waals surface area contributed by atoms with Gasteiger partial charge in [0.15, 0.2) is 0 Å². The van der Waals surface area contributed by atoms with Gasteiger partial charge >= 0.3 is 5.97 Å². The first-order valence-electron chi connectivity index (χ1n) is 23.7. The zero-order chi connectivity index (χ0) is 43.1. The van der Waals surface area contributed by atoms with Crippen LogP contribution < -0.4 is 5.32 Å². The molecule has 334 valence electrons. The summed E-state index contributed by atoms with van der Waals surface area (Å²) in [5, 5.41) is 23.6. The van der Waals surface area contributed by atoms with Crippen molar-refractivity contribution in [3.05, 3.63) is 109 Å². The van der Waals surface area contributed by atoms with Crippen LogP contribution in [0.3, 0.4) is 0 Å². The Bertz CT molecular complexity index is 1240. The number of carbonyl (C=O) groups excluding carboxylic acids is 2. The number of unbranched alkanes of at least 4 members (excludes halogenated alkanes) is 17. The van der Waals surface area contributed by atoms with Gasteiger partial charge in [0, 0.05) is 6.42 Å². The number of hydrogen-bond donors (Lipinski definition) is 3. The SMILES string of the molecule is CC/C=C/C=C/C=C/C=C\CCCCCCCC(=O)OC(CCCCC/C=C/C=C/C=C/C=C/C=C/CCC)CC(=O)NC(CO)C(O)CCCCCCCCCCC. The van der Waals surface area contributed by atoms with Gasteiger partial charge in [0.25, 0.3) is 0 Å². The van der Waals surface area contributed by atoms with E-state index in [1.165, 1.54) is 38.5 Å². The van der Waals surface area contributed by atoms with Crippen LogP contribution in [0.5, 0.6) is 0 Å². The predicted octanol–water partition coefficient (Wildman–Crippen LogP) is 13.9. The summed E-state index contributed by atoms with van der Waals surface area (Å²) in [4.78, 5) is 26.0. The number of amides is 1. The molecule has 0 saturated heterocycles. The summed E-state index contributed by atoms with van der Waals surface area (Å²) in [5.74, 6) is -0.557. The van der Waals surface area contributed by atoms with E-state index in [0.29, 0.717) is 19.3 Å². The van der Waals surface area contributed by atoms with Crippen molar-refractivity contribution in [2.45, 2.75) is 206 Å². The number of hydrogen-bond acceptors (Lipinski definition) is 5. The van der Waals surface area contributed by atoms with Crippen molar-refractivity contribution in [1.82, 2.24) is 5.32 Å². The van der Waals surface area contributed by atoms with Crippen molar-refractivity contribution in [3.8, 4) is 0 Å². The lowest BCUT2D eigenvalue weighted by Crippen LogP contribution is -2.46. The molecule has 0 heterocycles. The Hall–Kier alpha value is -3.48. The molecule has 0 radical (unpaired) electrons. The average molecular weight is 818 g/mol. The standard InChI is InChI=1S/C53H87NO5/c1-4-7-10-13-16-19-21-23-25-27-28-30-33-35-38-41-44-49(47-52(57)54-50(48-55)51(56)45-42-39-36-32-18-15-12-9-6-3)59-53(58)46-43-40-37-34-31-29-26-24-22-20-17-14-11-8-5-2/h8,10-11,13-14,16-17,19-28,30,49-51,55-56H,4-7,9,12,15,18,29,31-48H2,1-3H3,(H,54,57)/b11-8+,13-10+,17-14+,19-16+,22-20+,23-21+,26-24-,27-25+,30-28+. The van der Waals surface area contributed by atoms with Gasteiger partial charge in [0.2, 0.25) is 5.91 Å². The number of nitrogens with one attached hydrogen (secondary N) is 1. The molecular formula is C53H87NO5. The second-order valence-electron chi connectivity index (χ2n) is 15.6. The van der Waals surface area contributed by atoms with Gasteiger partial charge in [0.1, 0.15) is 6.10 Å². The van der Waals surface area contributed by atoms with E-state index in [4.69, 9.17) is 4.74 Å². The lowest BCUT2D eigenvalue weighted by Gasteiger charge is -2.24. The molecule has 0 aromatic rings. The van der Waals surface area contributed by atoms with Crippen LogP contribution in [0, 0.1) is 0 Å². The first kappa shape index (κ1) is 55.5. The van der Waals surface area contributed by atoms with E-state index >= 15 is 0 Å². The van der Waals surface area contributed by atoms with E-state index in [1.54, 1.807) is 0 Å². The lowest BCUT2D eigenvalue weighted by atomic mass is 10.0. The molecule has 0 rings (SSSR count). The maximum atomic E-state index is 13.1. The molecule has 0 spiro atoms. The normalized spacial score (nSPS) is 14.3. The third-order valence-corrected chi connectivity index (χ3v) is 10.0. The van der Waals surface area contributed by atoms with Crippen LogP contribution in [0.4, 0.5) is 0 Å². The number of esters is 1. The second-order valence-corrected chi connectivity index (χ2v) is 15.6. The molecule has 3 unspecified atom stereocenters. The Morgan fingerprint density at radius 3 is 1.47 bits per heavy atom. The molecule has 3 atom stereocenters. The Balaban J connectivity index is 4.79. The van der Waals surface area contributed by atoms with E-state index in [9.17, 15) is 19.8 Å². The van der Waals surface area contributed by atoms with E-state index in [0.717, 1.165) is 103 Å². The van der Waals surface area contributed by atoms with Crippen LogP contribution in [0.2, 0.25) is 0 Å². The van der Waals surface area contributed by atoms with Crippen LogP contribution in [-0.2, 0) is 14.3 Å². The maximum Gasteiger partial charge on any atom is 0.306 e. The maximum absolute atomic E-state index is 13.1.